The number of aromatic amines is 3. The fraction of sp³-hybridized carbons (Fsp3) is 0.444. The second-order valence-corrected chi connectivity index (χ2v) is 29.8. The van der Waals surface area contributed by atoms with Crippen molar-refractivity contribution in [1.82, 2.24) is 62.5 Å². The zero-order valence-corrected chi connectivity index (χ0v) is 66.8. The summed E-state index contributed by atoms with van der Waals surface area (Å²) in [5.74, 6) is -0.606. The number of ketones is 2. The Morgan fingerprint density at radius 1 is 0.585 bits per heavy atom. The van der Waals surface area contributed by atoms with Crippen LogP contribution in [0.5, 0.6) is 0 Å². The van der Waals surface area contributed by atoms with Gasteiger partial charge < -0.3 is 58.3 Å². The summed E-state index contributed by atoms with van der Waals surface area (Å²) in [6, 6.07) is 15.0. The molecule has 4 atom stereocenters. The summed E-state index contributed by atoms with van der Waals surface area (Å²) in [5, 5.41) is 1.45. The Hall–Kier alpha value is -8.35. The molecule has 12 heterocycles. The van der Waals surface area contributed by atoms with Gasteiger partial charge in [0, 0.05) is 69.0 Å². The maximum absolute atomic E-state index is 13.6. The number of esters is 2. The zero-order valence-electron chi connectivity index (χ0n) is 62.0. The number of ether oxygens (including phenoxy) is 5. The van der Waals surface area contributed by atoms with Gasteiger partial charge in [0.25, 0.3) is 11.1 Å². The van der Waals surface area contributed by atoms with Gasteiger partial charge >= 0.3 is 59.8 Å². The standard InChI is InChI=1S/C22H18ClN7O.C17H23ClN2O5.C16H20ClN3O3.C11H18ClNO3.C6H6ClNO2.Na.H/c23-15-8-10-28-11-17(30(22(31)19(15)28)14-5-2-1-3-6-14)16-7-4-9-29(16)21-18-20(25-12-24-18)26-13-27-21;1-17(2,3)25-16(23)20-8-5-6-12(20)13(21)10-19-9-7-11(18)14(19)15(22)24-4;1-16(2,3)23-15(22)20-7-4-5-12(20)11-9-19-8-6-10(17)13(19)14(21)18-11;1-11(2,3)16-10(15)13-6-4-5-8(13)9(14)7-12;1-10-6(9)5-4(7)2-3-8-5;;/h1-3,5-6,8,10-13,16H,4,7,9H2,(H,24,25,26,27);7,9,12H,5-6,8,10H2,1-4H3;6,8-9,12H,4-5,7H2,1-3H3,(H,18,21);8H,4-7H2,1-3H3;2-3,8H,1H3;;/q;;;;;+1;-1. The third kappa shape index (κ3) is 20.3. The number of nitrogens with one attached hydrogen (secondary N) is 3. The molecule has 28 nitrogen and oxygen atoms in total. The fourth-order valence-corrected chi connectivity index (χ4v) is 13.7. The van der Waals surface area contributed by atoms with Crippen LogP contribution in [0.4, 0.5) is 20.2 Å². The van der Waals surface area contributed by atoms with E-state index in [0.717, 1.165) is 67.8 Å². The minimum atomic E-state index is -0.626. The number of para-hydroxylation sites is 1. The van der Waals surface area contributed by atoms with Crippen molar-refractivity contribution in [3.8, 4) is 5.69 Å². The molecular weight excluding hydrogens is 1490 g/mol. The number of fused-ring (bicyclic) bond motifs is 3. The van der Waals surface area contributed by atoms with Crippen LogP contribution < -0.4 is 45.6 Å². The van der Waals surface area contributed by atoms with E-state index in [1.807, 2.05) is 74.1 Å². The van der Waals surface area contributed by atoms with Crippen molar-refractivity contribution < 1.29 is 88.2 Å². The van der Waals surface area contributed by atoms with E-state index in [1.54, 1.807) is 98.5 Å². The third-order valence-electron chi connectivity index (χ3n) is 17.1. The second-order valence-electron chi connectivity index (χ2n) is 27.9. The number of hydrogen-bond donors (Lipinski definition) is 3. The Labute approximate surface area is 659 Å². The van der Waals surface area contributed by atoms with Crippen molar-refractivity contribution in [2.75, 3.05) is 51.2 Å². The first kappa shape index (κ1) is 83.3. The monoisotopic (exact) mass is 1570 g/mol. The number of rotatable bonds is 11. The molecule has 13 rings (SSSR count). The number of imidazole rings is 1. The molecule has 9 aromatic rings. The predicted octanol–water partition coefficient (Wildman–Crippen LogP) is 10.8. The number of aromatic nitrogens is 10. The molecule has 4 aliphatic rings. The quantitative estimate of drug-likeness (QED) is 0.0469. The van der Waals surface area contributed by atoms with E-state index in [4.69, 9.17) is 77.0 Å². The smallest absolute Gasteiger partial charge is 1.00 e. The maximum Gasteiger partial charge on any atom is 1.00 e. The van der Waals surface area contributed by atoms with Gasteiger partial charge in [0.15, 0.2) is 23.0 Å². The minimum Gasteiger partial charge on any atom is -1.00 e. The molecule has 0 saturated carbocycles. The van der Waals surface area contributed by atoms with Gasteiger partial charge in [0.05, 0.1) is 88.6 Å². The molecule has 106 heavy (non-hydrogen) atoms. The maximum atomic E-state index is 13.6. The van der Waals surface area contributed by atoms with Gasteiger partial charge in [-0.25, -0.2) is 38.9 Å². The van der Waals surface area contributed by atoms with Crippen LogP contribution in [0.15, 0.2) is 114 Å². The van der Waals surface area contributed by atoms with Crippen LogP contribution in [0, 0.1) is 0 Å². The number of halogens is 5. The summed E-state index contributed by atoms with van der Waals surface area (Å²) >= 11 is 29.5. The number of carbonyl (C=O) groups excluding carboxylic acids is 7. The van der Waals surface area contributed by atoms with Gasteiger partial charge in [-0.2, -0.15) is 0 Å². The van der Waals surface area contributed by atoms with Crippen LogP contribution in [0.1, 0.15) is 160 Å². The van der Waals surface area contributed by atoms with Crippen LogP contribution in [0.3, 0.4) is 0 Å². The minimum absolute atomic E-state index is 0. The summed E-state index contributed by atoms with van der Waals surface area (Å²) in [4.78, 5) is 138. The first-order valence-corrected chi connectivity index (χ1v) is 36.0. The summed E-state index contributed by atoms with van der Waals surface area (Å²) in [6.07, 6.45) is 18.8. The first-order chi connectivity index (χ1) is 49.7. The predicted molar refractivity (Wildman–Crippen MR) is 399 cm³/mol. The number of hydrogen-bond acceptors (Lipinski definition) is 18. The van der Waals surface area contributed by atoms with E-state index in [-0.39, 0.29) is 95.0 Å². The number of nitrogens with zero attached hydrogens (tertiary/aromatic N) is 11. The molecule has 3 amide bonds. The Kier molecular flexibility index (Phi) is 28.3. The van der Waals surface area contributed by atoms with Crippen LogP contribution in [-0.2, 0) is 39.8 Å². The van der Waals surface area contributed by atoms with Crippen molar-refractivity contribution >= 4 is 128 Å². The number of anilines is 1. The van der Waals surface area contributed by atoms with Gasteiger partial charge in [-0.3, -0.25) is 38.4 Å². The van der Waals surface area contributed by atoms with Gasteiger partial charge in [0.1, 0.15) is 51.1 Å². The van der Waals surface area contributed by atoms with Crippen molar-refractivity contribution in [3.63, 3.8) is 0 Å². The Morgan fingerprint density at radius 2 is 1.12 bits per heavy atom. The average Bonchev–Trinajstić information content (AvgIpc) is 1.66. The summed E-state index contributed by atoms with van der Waals surface area (Å²) in [6.45, 7) is 18.7. The van der Waals surface area contributed by atoms with Gasteiger partial charge in [-0.15, -0.1) is 11.6 Å². The van der Waals surface area contributed by atoms with E-state index in [0.29, 0.717) is 75.6 Å². The number of likely N-dealkylation sites (tertiary alicyclic amines) is 3. The number of amides is 3. The molecule has 34 heteroatoms. The van der Waals surface area contributed by atoms with E-state index in [2.05, 4.69) is 39.5 Å². The van der Waals surface area contributed by atoms with Crippen LogP contribution >= 0.6 is 58.0 Å². The van der Waals surface area contributed by atoms with Crippen LogP contribution in [0.25, 0.3) is 27.9 Å². The summed E-state index contributed by atoms with van der Waals surface area (Å²) in [5.41, 5.74) is 3.02. The SMILES string of the molecule is CC(C)(C)OC(=O)N1CCCC1C(=O)CCl.CC(C)(C)OC(=O)N1CCCC1c1cn2ccc(Cl)c2c(=O)[nH]1.COC(=O)c1[nH]ccc1Cl.COC(=O)c1c(Cl)ccn1CC(=O)C1CCCN1C(=O)OC(C)(C)C.O=c1c2c(Cl)ccn2cc(C2CCCN2c2ncnc3nc[nH]c23)n1-c1ccccc1.[H-].[Na+]. The third-order valence-corrected chi connectivity index (χ3v) is 18.6. The number of H-pyrrole nitrogens is 3. The van der Waals surface area contributed by atoms with Gasteiger partial charge in [0.2, 0.25) is 0 Å². The fourth-order valence-electron chi connectivity index (χ4n) is 12.6. The molecule has 3 N–H and O–H groups in total. The molecule has 4 fully saturated rings. The number of Topliss-reactive ketones (excluding diaryl/α,β-unsaturated/α-hetero) is 2. The topological polar surface area (TPSA) is 317 Å². The second kappa shape index (κ2) is 36.0. The number of alkyl halides is 1. The molecule has 0 bridgehead atoms. The molecule has 8 aromatic heterocycles. The van der Waals surface area contributed by atoms with Crippen molar-refractivity contribution in [2.45, 2.75) is 161 Å². The molecule has 4 saturated heterocycles. The molecule has 0 radical (unpaired) electrons. The number of methoxy groups -OCH3 is 2. The zero-order chi connectivity index (χ0) is 76.4. The largest absolute Gasteiger partial charge is 1.00 e. The normalized spacial score (nSPS) is 17.1. The molecule has 0 spiro atoms. The molecule has 1 aromatic carbocycles. The van der Waals surface area contributed by atoms with Crippen molar-refractivity contribution in [1.29, 1.82) is 0 Å². The molecule has 4 unspecified atom stereocenters. The Bertz CT molecular complexity index is 4750. The van der Waals surface area contributed by atoms with E-state index < -0.39 is 53.0 Å². The Balaban J connectivity index is 0.000000193. The molecule has 4 aliphatic heterocycles. The van der Waals surface area contributed by atoms with E-state index in [1.165, 1.54) is 41.0 Å². The van der Waals surface area contributed by atoms with Crippen molar-refractivity contribution in [3.05, 3.63) is 168 Å². The van der Waals surface area contributed by atoms with Gasteiger partial charge in [-0.1, -0.05) is 64.6 Å². The van der Waals surface area contributed by atoms with Crippen LogP contribution in [-0.4, -0.2) is 179 Å². The molecular formula is C72H86Cl5N14NaO14. The molecule has 564 valence electrons. The average molecular weight is 1570 g/mol. The Morgan fingerprint density at radius 3 is 1.70 bits per heavy atom. The summed E-state index contributed by atoms with van der Waals surface area (Å²) < 4.78 is 31.9. The van der Waals surface area contributed by atoms with E-state index >= 15 is 0 Å². The van der Waals surface area contributed by atoms with Crippen molar-refractivity contribution in [2.24, 2.45) is 0 Å². The van der Waals surface area contributed by atoms with Crippen LogP contribution in [0.2, 0.25) is 20.1 Å². The van der Waals surface area contributed by atoms with E-state index in [9.17, 15) is 43.2 Å². The first-order valence-electron chi connectivity index (χ1n) is 33.9. The summed E-state index contributed by atoms with van der Waals surface area (Å²) in [7, 11) is 2.55. The van der Waals surface area contributed by atoms with Gasteiger partial charge in [-0.05, 0) is 150 Å². The number of benzene rings is 1. The number of carbonyl (C=O) groups is 7. The molecule has 0 aliphatic carbocycles.